The minimum absolute atomic E-state index is 0.151. The third-order valence-electron chi connectivity index (χ3n) is 5.54. The lowest BCUT2D eigenvalue weighted by molar-refractivity contribution is 0.0513. The molecule has 0 bridgehead atoms. The van der Waals surface area contributed by atoms with E-state index in [0.29, 0.717) is 17.3 Å². The van der Waals surface area contributed by atoms with Gasteiger partial charge in [0.05, 0.1) is 0 Å². The highest BCUT2D eigenvalue weighted by molar-refractivity contribution is 9.10. The second kappa shape index (κ2) is 8.24. The van der Waals surface area contributed by atoms with E-state index in [1.165, 1.54) is 38.8 Å². The Morgan fingerprint density at radius 2 is 1.83 bits per heavy atom. The summed E-state index contributed by atoms with van der Waals surface area (Å²) in [6.45, 7) is 2.39. The van der Waals surface area contributed by atoms with E-state index in [0.717, 1.165) is 16.5 Å². The van der Waals surface area contributed by atoms with Crippen LogP contribution in [-0.4, -0.2) is 59.4 Å². The number of rotatable bonds is 4. The lowest BCUT2D eigenvalue weighted by Gasteiger charge is -2.46. The van der Waals surface area contributed by atoms with Crippen LogP contribution in [0.5, 0.6) is 0 Å². The minimum Gasteiger partial charge on any atom is -0.337 e. The molecule has 0 spiro atoms. The normalized spacial score (nSPS) is 28.0. The van der Waals surface area contributed by atoms with Crippen LogP contribution in [0.15, 0.2) is 28.7 Å². The molecule has 132 valence electrons. The molecular formula is C19H27BrN2OS. The van der Waals surface area contributed by atoms with Crippen molar-refractivity contribution in [3.05, 3.63) is 34.3 Å². The second-order valence-corrected chi connectivity index (χ2v) is 8.92. The van der Waals surface area contributed by atoms with Gasteiger partial charge < -0.3 is 4.90 Å². The number of nitrogens with zero attached hydrogens (tertiary/aromatic N) is 2. The Balaban J connectivity index is 1.80. The van der Waals surface area contributed by atoms with Crippen LogP contribution in [0.1, 0.15) is 42.5 Å². The Hall–Kier alpha value is -0.520. The van der Waals surface area contributed by atoms with Crippen molar-refractivity contribution in [3.8, 4) is 0 Å². The third kappa shape index (κ3) is 3.83. The van der Waals surface area contributed by atoms with Crippen molar-refractivity contribution in [2.45, 2.75) is 49.4 Å². The predicted octanol–water partition coefficient (Wildman–Crippen LogP) is 4.27. The van der Waals surface area contributed by atoms with Crippen LogP contribution < -0.4 is 0 Å². The van der Waals surface area contributed by atoms with Gasteiger partial charge in [-0.2, -0.15) is 11.8 Å². The number of carbonyl (C=O) groups excluding carboxylic acids is 1. The molecule has 1 aromatic rings. The Kier molecular flexibility index (Phi) is 6.27. The lowest BCUT2D eigenvalue weighted by atomic mass is 9.87. The molecule has 1 aliphatic carbocycles. The van der Waals surface area contributed by atoms with Crippen molar-refractivity contribution in [1.29, 1.82) is 0 Å². The predicted molar refractivity (Wildman–Crippen MR) is 106 cm³/mol. The highest BCUT2D eigenvalue weighted by atomic mass is 79.9. The fourth-order valence-corrected chi connectivity index (χ4v) is 5.56. The van der Waals surface area contributed by atoms with E-state index in [9.17, 15) is 4.79 Å². The molecule has 1 saturated heterocycles. The maximum absolute atomic E-state index is 13.0. The van der Waals surface area contributed by atoms with Crippen LogP contribution in [0.4, 0.5) is 0 Å². The smallest absolute Gasteiger partial charge is 0.253 e. The number of likely N-dealkylation sites (tertiary alicyclic amines) is 1. The van der Waals surface area contributed by atoms with E-state index in [1.807, 2.05) is 48.0 Å². The van der Waals surface area contributed by atoms with Crippen LogP contribution >= 0.6 is 27.7 Å². The van der Waals surface area contributed by atoms with Gasteiger partial charge in [-0.1, -0.05) is 22.4 Å². The first-order valence-electron chi connectivity index (χ1n) is 8.91. The molecule has 2 fully saturated rings. The van der Waals surface area contributed by atoms with Crippen LogP contribution in [-0.2, 0) is 0 Å². The van der Waals surface area contributed by atoms with Gasteiger partial charge in [0.1, 0.15) is 0 Å². The van der Waals surface area contributed by atoms with Crippen molar-refractivity contribution < 1.29 is 4.79 Å². The van der Waals surface area contributed by atoms with Gasteiger partial charge >= 0.3 is 0 Å². The summed E-state index contributed by atoms with van der Waals surface area (Å²) in [5.41, 5.74) is 0.784. The number of carbonyl (C=O) groups is 1. The third-order valence-corrected chi connectivity index (χ3v) is 7.19. The zero-order chi connectivity index (χ0) is 17.1. The van der Waals surface area contributed by atoms with Crippen LogP contribution in [0, 0.1) is 0 Å². The Morgan fingerprint density at radius 1 is 1.17 bits per heavy atom. The largest absolute Gasteiger partial charge is 0.337 e. The summed E-state index contributed by atoms with van der Waals surface area (Å²) < 4.78 is 1.01. The van der Waals surface area contributed by atoms with Crippen LogP contribution in [0.3, 0.4) is 0 Å². The summed E-state index contributed by atoms with van der Waals surface area (Å²) in [5.74, 6) is 0.151. The van der Waals surface area contributed by atoms with E-state index < -0.39 is 0 Å². The first kappa shape index (κ1) is 18.3. The van der Waals surface area contributed by atoms with Crippen molar-refractivity contribution >= 4 is 33.6 Å². The second-order valence-electron chi connectivity index (χ2n) is 6.93. The summed E-state index contributed by atoms with van der Waals surface area (Å²) in [6, 6.07) is 8.56. The van der Waals surface area contributed by atoms with Crippen LogP contribution in [0.2, 0.25) is 0 Å². The first-order valence-corrected chi connectivity index (χ1v) is 11.0. The molecule has 2 aliphatic rings. The van der Waals surface area contributed by atoms with E-state index in [4.69, 9.17) is 0 Å². The average Bonchev–Trinajstić information content (AvgIpc) is 3.14. The van der Waals surface area contributed by atoms with Crippen molar-refractivity contribution in [2.24, 2.45) is 0 Å². The van der Waals surface area contributed by atoms with Crippen molar-refractivity contribution in [2.75, 3.05) is 26.4 Å². The van der Waals surface area contributed by atoms with Gasteiger partial charge in [-0.05, 0) is 69.3 Å². The molecule has 3 rings (SSSR count). The molecule has 1 aromatic carbocycles. The SMILES string of the molecule is CSC1CCCC(N(C)C(=O)c2ccc(Br)cc2)C1N1CCCC1. The maximum Gasteiger partial charge on any atom is 0.253 e. The van der Waals surface area contributed by atoms with Gasteiger partial charge in [-0.15, -0.1) is 0 Å². The molecule has 1 heterocycles. The summed E-state index contributed by atoms with van der Waals surface area (Å²) in [6.07, 6.45) is 8.45. The Labute approximate surface area is 158 Å². The van der Waals surface area contributed by atoms with Gasteiger partial charge in [0, 0.05) is 34.4 Å². The number of hydrogen-bond donors (Lipinski definition) is 0. The minimum atomic E-state index is 0.151. The average molecular weight is 411 g/mol. The molecule has 1 aliphatic heterocycles. The topological polar surface area (TPSA) is 23.6 Å². The van der Waals surface area contributed by atoms with E-state index >= 15 is 0 Å². The number of likely N-dealkylation sites (N-methyl/N-ethyl adjacent to an activating group) is 1. The molecule has 3 unspecified atom stereocenters. The number of halogens is 1. The Morgan fingerprint density at radius 3 is 2.46 bits per heavy atom. The molecule has 1 saturated carbocycles. The van der Waals surface area contributed by atoms with Crippen LogP contribution in [0.25, 0.3) is 0 Å². The fraction of sp³-hybridized carbons (Fsp3) is 0.632. The lowest BCUT2D eigenvalue weighted by Crippen LogP contribution is -2.57. The van der Waals surface area contributed by atoms with Crippen molar-refractivity contribution in [3.63, 3.8) is 0 Å². The number of amides is 1. The van der Waals surface area contributed by atoms with E-state index in [1.54, 1.807) is 0 Å². The monoisotopic (exact) mass is 410 g/mol. The molecule has 0 radical (unpaired) electrons. The molecule has 0 aromatic heterocycles. The molecule has 3 atom stereocenters. The van der Waals surface area contributed by atoms with Crippen molar-refractivity contribution in [1.82, 2.24) is 9.80 Å². The fourth-order valence-electron chi connectivity index (χ4n) is 4.26. The highest BCUT2D eigenvalue weighted by Gasteiger charge is 2.41. The molecule has 5 heteroatoms. The van der Waals surface area contributed by atoms with E-state index in [2.05, 4.69) is 27.1 Å². The summed E-state index contributed by atoms with van der Waals surface area (Å²) in [4.78, 5) is 17.7. The van der Waals surface area contributed by atoms with E-state index in [-0.39, 0.29) is 5.91 Å². The Bertz CT molecular complexity index is 557. The molecule has 3 nitrogen and oxygen atoms in total. The molecule has 24 heavy (non-hydrogen) atoms. The number of hydrogen-bond acceptors (Lipinski definition) is 3. The molecule has 1 amide bonds. The van der Waals surface area contributed by atoms with Gasteiger partial charge in [0.25, 0.3) is 5.91 Å². The molecular weight excluding hydrogens is 384 g/mol. The zero-order valence-electron chi connectivity index (χ0n) is 14.6. The quantitative estimate of drug-likeness (QED) is 0.740. The standard InChI is InChI=1S/C19H27BrN2OS/c1-21(19(23)14-8-10-15(20)11-9-14)16-6-5-7-17(24-2)18(16)22-12-3-4-13-22/h8-11,16-18H,3-7,12-13H2,1-2H3. The molecule has 0 N–H and O–H groups in total. The summed E-state index contributed by atoms with van der Waals surface area (Å²) in [7, 11) is 2.00. The van der Waals surface area contributed by atoms with Gasteiger partial charge in [-0.25, -0.2) is 0 Å². The zero-order valence-corrected chi connectivity index (χ0v) is 17.0. The number of benzene rings is 1. The number of thioether (sulfide) groups is 1. The first-order chi connectivity index (χ1) is 11.6. The van der Waals surface area contributed by atoms with Gasteiger partial charge in [0.2, 0.25) is 0 Å². The summed E-state index contributed by atoms with van der Waals surface area (Å²) >= 11 is 5.43. The van der Waals surface area contributed by atoms with Gasteiger partial charge in [0.15, 0.2) is 0 Å². The summed E-state index contributed by atoms with van der Waals surface area (Å²) in [5, 5.41) is 0.641. The van der Waals surface area contributed by atoms with Gasteiger partial charge in [-0.3, -0.25) is 9.69 Å². The maximum atomic E-state index is 13.0. The highest BCUT2D eigenvalue weighted by Crippen LogP contribution is 2.35.